The Labute approximate surface area is 181 Å². The van der Waals surface area contributed by atoms with Gasteiger partial charge in [0.1, 0.15) is 5.60 Å². The fourth-order valence-electron chi connectivity index (χ4n) is 3.43. The van der Waals surface area contributed by atoms with Gasteiger partial charge in [-0.2, -0.15) is 0 Å². The molecule has 0 saturated carbocycles. The number of hydrogen-bond acceptors (Lipinski definition) is 4. The van der Waals surface area contributed by atoms with Crippen molar-refractivity contribution in [3.8, 4) is 0 Å². The highest BCUT2D eigenvalue weighted by molar-refractivity contribution is 14.0. The summed E-state index contributed by atoms with van der Waals surface area (Å²) in [4.78, 5) is 23.1. The quantitative estimate of drug-likeness (QED) is 0.369. The summed E-state index contributed by atoms with van der Waals surface area (Å²) in [6.07, 6.45) is 3.76. The molecule has 8 heteroatoms. The van der Waals surface area contributed by atoms with Gasteiger partial charge >= 0.3 is 6.09 Å². The maximum Gasteiger partial charge on any atom is 0.410 e. The van der Waals surface area contributed by atoms with E-state index in [0.29, 0.717) is 38.1 Å². The van der Waals surface area contributed by atoms with Crippen LogP contribution in [0.2, 0.25) is 0 Å². The number of halogens is 1. The lowest BCUT2D eigenvalue weighted by atomic mass is 10.1. The number of ether oxygens (including phenoxy) is 1. The molecule has 2 heterocycles. The van der Waals surface area contributed by atoms with Crippen molar-refractivity contribution in [2.45, 2.75) is 52.6 Å². The monoisotopic (exact) mass is 495 g/mol. The molecule has 0 bridgehead atoms. The predicted octanol–water partition coefficient (Wildman–Crippen LogP) is 2.59. The van der Waals surface area contributed by atoms with Gasteiger partial charge in [0.05, 0.1) is 0 Å². The fraction of sp³-hybridized carbons (Fsp3) is 0.895. The first kappa shape index (κ1) is 24.3. The van der Waals surface area contributed by atoms with E-state index in [2.05, 4.69) is 21.7 Å². The maximum absolute atomic E-state index is 12.1. The minimum atomic E-state index is -0.459. The summed E-state index contributed by atoms with van der Waals surface area (Å²) >= 11 is 0. The van der Waals surface area contributed by atoms with Crippen LogP contribution in [0.4, 0.5) is 4.79 Å². The summed E-state index contributed by atoms with van der Waals surface area (Å²) in [5, 5.41) is 0. The standard InChI is InChI=1S/C19H37N5O2.HI/c1-16(15-22-8-6-5-7-9-22)14-21-17(20)23-10-12-24(13-11-23)18(25)26-19(2,3)4;/h16H,5-15H2,1-4H3,(H2,20,21);1H. The summed E-state index contributed by atoms with van der Waals surface area (Å²) in [6.45, 7) is 14.8. The highest BCUT2D eigenvalue weighted by Gasteiger charge is 2.26. The number of aliphatic imine (C=N–C) groups is 1. The van der Waals surface area contributed by atoms with E-state index in [1.165, 1.54) is 32.4 Å². The number of carbonyl (C=O) groups is 1. The Morgan fingerprint density at radius 2 is 1.59 bits per heavy atom. The zero-order valence-electron chi connectivity index (χ0n) is 17.4. The molecule has 2 fully saturated rings. The van der Waals surface area contributed by atoms with Crippen LogP contribution >= 0.6 is 24.0 Å². The van der Waals surface area contributed by atoms with E-state index in [1.807, 2.05) is 20.8 Å². The third-order valence-corrected chi connectivity index (χ3v) is 4.84. The smallest absolute Gasteiger partial charge is 0.410 e. The van der Waals surface area contributed by atoms with Crippen molar-refractivity contribution in [1.29, 1.82) is 0 Å². The van der Waals surface area contributed by atoms with E-state index < -0.39 is 5.60 Å². The number of piperidine rings is 1. The second-order valence-corrected chi connectivity index (χ2v) is 8.62. The van der Waals surface area contributed by atoms with Crippen LogP contribution in [-0.4, -0.2) is 84.7 Å². The number of likely N-dealkylation sites (tertiary alicyclic amines) is 1. The number of rotatable bonds is 4. The van der Waals surface area contributed by atoms with Gasteiger partial charge in [0.15, 0.2) is 5.96 Å². The molecule has 0 aliphatic carbocycles. The van der Waals surface area contributed by atoms with Gasteiger partial charge in [0.25, 0.3) is 0 Å². The fourth-order valence-corrected chi connectivity index (χ4v) is 3.43. The molecule has 2 aliphatic heterocycles. The first-order valence-electron chi connectivity index (χ1n) is 10.00. The molecule has 0 spiro atoms. The molecule has 1 amide bonds. The normalized spacial score (nSPS) is 20.8. The molecule has 7 nitrogen and oxygen atoms in total. The van der Waals surface area contributed by atoms with Crippen LogP contribution in [-0.2, 0) is 4.74 Å². The number of nitrogens with zero attached hydrogens (tertiary/aromatic N) is 4. The van der Waals surface area contributed by atoms with Crippen LogP contribution in [0.3, 0.4) is 0 Å². The number of guanidine groups is 1. The highest BCUT2D eigenvalue weighted by atomic mass is 127. The van der Waals surface area contributed by atoms with Crippen LogP contribution in [0.1, 0.15) is 47.0 Å². The molecule has 0 radical (unpaired) electrons. The minimum absolute atomic E-state index is 0. The van der Waals surface area contributed by atoms with E-state index in [4.69, 9.17) is 10.5 Å². The molecule has 158 valence electrons. The van der Waals surface area contributed by atoms with Gasteiger partial charge in [-0.05, 0) is 52.6 Å². The summed E-state index contributed by atoms with van der Waals surface area (Å²) < 4.78 is 5.43. The van der Waals surface area contributed by atoms with E-state index in [1.54, 1.807) is 4.90 Å². The average Bonchev–Trinajstić information content (AvgIpc) is 2.59. The Hall–Kier alpha value is -0.770. The molecular formula is C19H38IN5O2. The van der Waals surface area contributed by atoms with Crippen molar-refractivity contribution in [3.05, 3.63) is 0 Å². The molecule has 0 aromatic rings. The Bertz CT molecular complexity index is 481. The van der Waals surface area contributed by atoms with Gasteiger partial charge in [-0.1, -0.05) is 13.3 Å². The van der Waals surface area contributed by atoms with Crippen LogP contribution in [0, 0.1) is 5.92 Å². The van der Waals surface area contributed by atoms with Gasteiger partial charge in [0.2, 0.25) is 0 Å². The zero-order chi connectivity index (χ0) is 19.2. The molecule has 2 saturated heterocycles. The van der Waals surface area contributed by atoms with Gasteiger partial charge in [-0.15, -0.1) is 24.0 Å². The number of nitrogens with two attached hydrogens (primary N) is 1. The van der Waals surface area contributed by atoms with E-state index >= 15 is 0 Å². The lowest BCUT2D eigenvalue weighted by molar-refractivity contribution is 0.0186. The third kappa shape index (κ3) is 8.85. The lowest BCUT2D eigenvalue weighted by Gasteiger charge is -2.36. The van der Waals surface area contributed by atoms with Gasteiger partial charge in [-0.3, -0.25) is 4.99 Å². The average molecular weight is 495 g/mol. The topological polar surface area (TPSA) is 74.4 Å². The molecule has 27 heavy (non-hydrogen) atoms. The predicted molar refractivity (Wildman–Crippen MR) is 121 cm³/mol. The van der Waals surface area contributed by atoms with Crippen molar-refractivity contribution in [2.24, 2.45) is 16.6 Å². The van der Waals surface area contributed by atoms with Crippen LogP contribution in [0.5, 0.6) is 0 Å². The van der Waals surface area contributed by atoms with Gasteiger partial charge in [0, 0.05) is 39.3 Å². The number of hydrogen-bond donors (Lipinski definition) is 1. The van der Waals surface area contributed by atoms with E-state index in [0.717, 1.165) is 13.1 Å². The van der Waals surface area contributed by atoms with Crippen LogP contribution in [0.25, 0.3) is 0 Å². The SMILES string of the molecule is CC(CN=C(N)N1CCN(C(=O)OC(C)(C)C)CC1)CN1CCCCC1.I. The van der Waals surface area contributed by atoms with Crippen molar-refractivity contribution in [2.75, 3.05) is 52.4 Å². The number of carbonyl (C=O) groups excluding carboxylic acids is 1. The molecule has 1 unspecified atom stereocenters. The second-order valence-electron chi connectivity index (χ2n) is 8.62. The van der Waals surface area contributed by atoms with Crippen molar-refractivity contribution >= 4 is 36.0 Å². The summed E-state index contributed by atoms with van der Waals surface area (Å²) in [7, 11) is 0. The molecule has 2 N–H and O–H groups in total. The minimum Gasteiger partial charge on any atom is -0.444 e. The second kappa shape index (κ2) is 11.3. The molecule has 0 aromatic carbocycles. The van der Waals surface area contributed by atoms with Crippen molar-refractivity contribution in [3.63, 3.8) is 0 Å². The molecule has 1 atom stereocenters. The summed E-state index contributed by atoms with van der Waals surface area (Å²) in [5.74, 6) is 1.11. The molecule has 0 aromatic heterocycles. The van der Waals surface area contributed by atoms with Crippen LogP contribution in [0.15, 0.2) is 4.99 Å². The van der Waals surface area contributed by atoms with Crippen molar-refractivity contribution < 1.29 is 9.53 Å². The Kier molecular flexibility index (Phi) is 10.1. The Morgan fingerprint density at radius 3 is 2.15 bits per heavy atom. The maximum atomic E-state index is 12.1. The van der Waals surface area contributed by atoms with Gasteiger partial charge < -0.3 is 25.2 Å². The number of piperazine rings is 1. The number of amides is 1. The summed E-state index contributed by atoms with van der Waals surface area (Å²) in [5.41, 5.74) is 5.72. The van der Waals surface area contributed by atoms with Crippen molar-refractivity contribution in [1.82, 2.24) is 14.7 Å². The largest absolute Gasteiger partial charge is 0.444 e. The first-order chi connectivity index (χ1) is 12.2. The van der Waals surface area contributed by atoms with Gasteiger partial charge in [-0.25, -0.2) is 4.79 Å². The highest BCUT2D eigenvalue weighted by Crippen LogP contribution is 2.13. The van der Waals surface area contributed by atoms with E-state index in [9.17, 15) is 4.79 Å². The van der Waals surface area contributed by atoms with E-state index in [-0.39, 0.29) is 30.1 Å². The van der Waals surface area contributed by atoms with Crippen LogP contribution < -0.4 is 5.73 Å². The lowest BCUT2D eigenvalue weighted by Crippen LogP contribution is -2.53. The Morgan fingerprint density at radius 1 is 1.04 bits per heavy atom. The molecular weight excluding hydrogens is 457 g/mol. The Balaban J connectivity index is 0.00000364. The molecule has 2 aliphatic rings. The zero-order valence-corrected chi connectivity index (χ0v) is 19.8. The molecule has 2 rings (SSSR count). The first-order valence-corrected chi connectivity index (χ1v) is 10.00. The third-order valence-electron chi connectivity index (χ3n) is 4.84. The summed E-state index contributed by atoms with van der Waals surface area (Å²) in [6, 6.07) is 0.